The Morgan fingerprint density at radius 1 is 0.976 bits per heavy atom. The minimum absolute atomic E-state index is 0.0255. The number of halogens is 1. The number of rotatable bonds is 13. The van der Waals surface area contributed by atoms with Gasteiger partial charge in [0, 0.05) is 36.1 Å². The highest BCUT2D eigenvalue weighted by atomic mass is 79.9. The highest BCUT2D eigenvalue weighted by Crippen LogP contribution is 2.24. The first-order valence-corrected chi connectivity index (χ1v) is 15.6. The zero-order valence-corrected chi connectivity index (χ0v) is 25.5. The summed E-state index contributed by atoms with van der Waals surface area (Å²) in [7, 11) is -4.04. The van der Waals surface area contributed by atoms with Gasteiger partial charge in [0.2, 0.25) is 21.8 Å². The lowest BCUT2D eigenvalue weighted by Gasteiger charge is -2.33. The summed E-state index contributed by atoms with van der Waals surface area (Å²) >= 11 is 3.40. The molecule has 1 atom stereocenters. The summed E-state index contributed by atoms with van der Waals surface area (Å²) in [5.74, 6) is -0.832. The van der Waals surface area contributed by atoms with Crippen LogP contribution in [0, 0.1) is 16.0 Å². The van der Waals surface area contributed by atoms with Gasteiger partial charge in [0.15, 0.2) is 0 Å². The second kappa shape index (κ2) is 14.2. The number of anilines is 1. The molecule has 0 fully saturated rings. The van der Waals surface area contributed by atoms with E-state index in [9.17, 15) is 28.1 Å². The molecule has 2 amide bonds. The number of non-ortho nitro benzene ring substituents is 1. The van der Waals surface area contributed by atoms with Crippen molar-refractivity contribution in [2.24, 2.45) is 5.92 Å². The molecule has 3 rings (SSSR count). The van der Waals surface area contributed by atoms with E-state index < -0.39 is 33.4 Å². The molecule has 0 bridgehead atoms. The molecule has 218 valence electrons. The maximum Gasteiger partial charge on any atom is 0.271 e. The van der Waals surface area contributed by atoms with E-state index in [1.807, 2.05) is 68.4 Å². The summed E-state index contributed by atoms with van der Waals surface area (Å²) in [5.41, 5.74) is 1.22. The van der Waals surface area contributed by atoms with E-state index in [2.05, 4.69) is 21.2 Å². The lowest BCUT2D eigenvalue weighted by Crippen LogP contribution is -2.53. The van der Waals surface area contributed by atoms with Crippen molar-refractivity contribution in [2.75, 3.05) is 23.7 Å². The van der Waals surface area contributed by atoms with Crippen molar-refractivity contribution in [1.29, 1.82) is 0 Å². The first kappa shape index (κ1) is 31.8. The van der Waals surface area contributed by atoms with Gasteiger partial charge >= 0.3 is 0 Å². The quantitative estimate of drug-likeness (QED) is 0.215. The van der Waals surface area contributed by atoms with Crippen LogP contribution in [0.5, 0.6) is 0 Å². The van der Waals surface area contributed by atoms with E-state index >= 15 is 0 Å². The summed E-state index contributed by atoms with van der Waals surface area (Å²) in [6, 6.07) is 20.6. The monoisotopic (exact) mass is 644 g/mol. The number of nitro groups is 1. The van der Waals surface area contributed by atoms with E-state index in [1.165, 1.54) is 23.1 Å². The number of nitrogens with one attached hydrogen (secondary N) is 1. The SMILES string of the molecule is CC(C)CNC(=O)[C@@H](Cc1ccccc1)N(Cc1ccc(Br)cc1)C(=O)CN(c1cccc([N+](=O)[O-])c1)S(C)(=O)=O. The number of amides is 2. The molecular weight excluding hydrogens is 612 g/mol. The topological polar surface area (TPSA) is 130 Å². The first-order chi connectivity index (χ1) is 19.3. The Morgan fingerprint density at radius 3 is 2.22 bits per heavy atom. The van der Waals surface area contributed by atoms with Crippen LogP contribution in [0.3, 0.4) is 0 Å². The fourth-order valence-electron chi connectivity index (χ4n) is 4.14. The number of hydrogen-bond donors (Lipinski definition) is 1. The molecule has 1 N–H and O–H groups in total. The molecule has 3 aromatic rings. The molecule has 0 radical (unpaired) electrons. The van der Waals surface area contributed by atoms with Crippen molar-refractivity contribution in [2.45, 2.75) is 32.9 Å². The van der Waals surface area contributed by atoms with Gasteiger partial charge in [0.05, 0.1) is 16.9 Å². The van der Waals surface area contributed by atoms with E-state index in [1.54, 1.807) is 0 Å². The number of carbonyl (C=O) groups is 2. The third-order valence-electron chi connectivity index (χ3n) is 6.23. The molecule has 0 aliphatic rings. The Hall–Kier alpha value is -3.77. The number of hydrogen-bond acceptors (Lipinski definition) is 6. The smallest absolute Gasteiger partial charge is 0.271 e. The predicted octanol–water partition coefficient (Wildman–Crippen LogP) is 4.54. The highest BCUT2D eigenvalue weighted by molar-refractivity contribution is 9.10. The van der Waals surface area contributed by atoms with Gasteiger partial charge in [-0.1, -0.05) is 78.3 Å². The lowest BCUT2D eigenvalue weighted by molar-refractivity contribution is -0.384. The van der Waals surface area contributed by atoms with E-state index in [-0.39, 0.29) is 36.2 Å². The molecule has 0 heterocycles. The molecular formula is C29H33BrN4O6S. The van der Waals surface area contributed by atoms with Crippen LogP contribution in [0.15, 0.2) is 83.3 Å². The van der Waals surface area contributed by atoms with Gasteiger partial charge in [-0.3, -0.25) is 24.0 Å². The van der Waals surface area contributed by atoms with Gasteiger partial charge in [-0.05, 0) is 35.2 Å². The van der Waals surface area contributed by atoms with Gasteiger partial charge in [-0.15, -0.1) is 0 Å². The van der Waals surface area contributed by atoms with Crippen LogP contribution in [0.2, 0.25) is 0 Å². The maximum atomic E-state index is 14.0. The largest absolute Gasteiger partial charge is 0.354 e. The molecule has 3 aromatic carbocycles. The summed E-state index contributed by atoms with van der Waals surface area (Å²) in [5, 5.41) is 14.3. The Bertz CT molecular complexity index is 1470. The number of nitrogens with zero attached hydrogens (tertiary/aromatic N) is 3. The fraction of sp³-hybridized carbons (Fsp3) is 0.310. The van der Waals surface area contributed by atoms with Gasteiger partial charge < -0.3 is 10.2 Å². The number of nitro benzene ring substituents is 1. The van der Waals surface area contributed by atoms with E-state index in [0.717, 1.165) is 32.2 Å². The zero-order chi connectivity index (χ0) is 30.2. The zero-order valence-electron chi connectivity index (χ0n) is 23.1. The summed E-state index contributed by atoms with van der Waals surface area (Å²) in [6.45, 7) is 3.69. The van der Waals surface area contributed by atoms with E-state index in [0.29, 0.717) is 6.54 Å². The summed E-state index contributed by atoms with van der Waals surface area (Å²) in [6.07, 6.45) is 1.12. The molecule has 12 heteroatoms. The molecule has 0 saturated heterocycles. The highest BCUT2D eigenvalue weighted by Gasteiger charge is 2.33. The molecule has 0 aliphatic carbocycles. The first-order valence-electron chi connectivity index (χ1n) is 12.9. The molecule has 0 saturated carbocycles. The Balaban J connectivity index is 2.06. The second-order valence-electron chi connectivity index (χ2n) is 10.0. The molecule has 0 aliphatic heterocycles. The number of carbonyl (C=O) groups excluding carboxylic acids is 2. The number of benzene rings is 3. The van der Waals surface area contributed by atoms with Crippen molar-refractivity contribution in [3.8, 4) is 0 Å². The van der Waals surface area contributed by atoms with Crippen LogP contribution in [0.1, 0.15) is 25.0 Å². The molecule has 0 aromatic heterocycles. The normalized spacial score (nSPS) is 12.0. The second-order valence-corrected chi connectivity index (χ2v) is 12.9. The Morgan fingerprint density at radius 2 is 1.63 bits per heavy atom. The fourth-order valence-corrected chi connectivity index (χ4v) is 5.24. The van der Waals surface area contributed by atoms with E-state index in [4.69, 9.17) is 0 Å². The maximum absolute atomic E-state index is 14.0. The van der Waals surface area contributed by atoms with Gasteiger partial charge in [-0.25, -0.2) is 8.42 Å². The standard InChI is InChI=1S/C29H33BrN4O6S/c1-21(2)18-31-29(36)27(16-22-8-5-4-6-9-22)32(19-23-12-14-24(30)15-13-23)28(35)20-33(41(3,39)40)25-10-7-11-26(17-25)34(37)38/h4-15,17,21,27H,16,18-20H2,1-3H3,(H,31,36)/t27-/m1/s1. The van der Waals surface area contributed by atoms with Crippen molar-refractivity contribution < 1.29 is 22.9 Å². The number of sulfonamides is 1. The summed E-state index contributed by atoms with van der Waals surface area (Å²) in [4.78, 5) is 39.7. The minimum atomic E-state index is -4.04. The van der Waals surface area contributed by atoms with Crippen molar-refractivity contribution in [1.82, 2.24) is 10.2 Å². The lowest BCUT2D eigenvalue weighted by atomic mass is 10.0. The predicted molar refractivity (Wildman–Crippen MR) is 162 cm³/mol. The molecule has 0 spiro atoms. The average Bonchev–Trinajstić information content (AvgIpc) is 2.93. The van der Waals surface area contributed by atoms with Crippen LogP contribution in [0.25, 0.3) is 0 Å². The van der Waals surface area contributed by atoms with Gasteiger partial charge in [0.25, 0.3) is 5.69 Å². The molecule has 0 unspecified atom stereocenters. The minimum Gasteiger partial charge on any atom is -0.354 e. The molecule has 41 heavy (non-hydrogen) atoms. The summed E-state index contributed by atoms with van der Waals surface area (Å²) < 4.78 is 27.3. The van der Waals surface area contributed by atoms with Crippen molar-refractivity contribution >= 4 is 49.1 Å². The molecule has 10 nitrogen and oxygen atoms in total. The van der Waals surface area contributed by atoms with Crippen molar-refractivity contribution in [3.63, 3.8) is 0 Å². The van der Waals surface area contributed by atoms with Crippen LogP contribution >= 0.6 is 15.9 Å². The van der Waals surface area contributed by atoms with Crippen molar-refractivity contribution in [3.05, 3.63) is 105 Å². The van der Waals surface area contributed by atoms with Gasteiger partial charge in [0.1, 0.15) is 12.6 Å². The Labute approximate surface area is 248 Å². The third kappa shape index (κ3) is 9.39. The average molecular weight is 646 g/mol. The van der Waals surface area contributed by atoms with Crippen LogP contribution in [0.4, 0.5) is 11.4 Å². The van der Waals surface area contributed by atoms with Crippen LogP contribution < -0.4 is 9.62 Å². The van der Waals surface area contributed by atoms with Crippen LogP contribution in [-0.2, 0) is 32.6 Å². The Kier molecular flexibility index (Phi) is 11.0. The van der Waals surface area contributed by atoms with Crippen LogP contribution in [-0.4, -0.2) is 55.4 Å². The van der Waals surface area contributed by atoms with Gasteiger partial charge in [-0.2, -0.15) is 0 Å². The third-order valence-corrected chi connectivity index (χ3v) is 7.90.